The lowest BCUT2D eigenvalue weighted by Crippen LogP contribution is -2.45. The van der Waals surface area contributed by atoms with Crippen molar-refractivity contribution in [2.75, 3.05) is 60.2 Å². The van der Waals surface area contributed by atoms with E-state index >= 15 is 0 Å². The molecule has 0 unspecified atom stereocenters. The predicted molar refractivity (Wildman–Crippen MR) is 94.9 cm³/mol. The average molecular weight is 333 g/mol. The Kier molecular flexibility index (Phi) is 6.22. The lowest BCUT2D eigenvalue weighted by molar-refractivity contribution is 0.0344. The van der Waals surface area contributed by atoms with E-state index in [1.165, 1.54) is 25.1 Å². The van der Waals surface area contributed by atoms with Crippen LogP contribution in [0.2, 0.25) is 0 Å². The van der Waals surface area contributed by atoms with Crippen LogP contribution in [-0.2, 0) is 16.0 Å². The summed E-state index contributed by atoms with van der Waals surface area (Å²) in [5, 5.41) is 0. The van der Waals surface area contributed by atoms with Crippen LogP contribution in [0.3, 0.4) is 0 Å². The van der Waals surface area contributed by atoms with Gasteiger partial charge >= 0.3 is 0 Å². The number of piperidine rings is 1. The molecule has 0 aliphatic carbocycles. The van der Waals surface area contributed by atoms with Gasteiger partial charge < -0.3 is 14.4 Å². The van der Waals surface area contributed by atoms with E-state index < -0.39 is 0 Å². The summed E-state index contributed by atoms with van der Waals surface area (Å²) in [4.78, 5) is 9.59. The SMILES string of the molecule is COCCN1C[C@@H](COC)C2(CCN(Cc3ccccn3)CC2)C1. The summed E-state index contributed by atoms with van der Waals surface area (Å²) in [6.45, 7) is 8.38. The molecule has 1 aromatic rings. The molecule has 3 rings (SSSR count). The van der Waals surface area contributed by atoms with Crippen molar-refractivity contribution in [3.05, 3.63) is 30.1 Å². The molecular formula is C19H31N3O2. The predicted octanol–water partition coefficient (Wildman–Crippen LogP) is 1.89. The summed E-state index contributed by atoms with van der Waals surface area (Å²) < 4.78 is 10.8. The molecule has 0 N–H and O–H groups in total. The van der Waals surface area contributed by atoms with Gasteiger partial charge in [-0.25, -0.2) is 0 Å². The van der Waals surface area contributed by atoms with Gasteiger partial charge in [0, 0.05) is 52.5 Å². The maximum Gasteiger partial charge on any atom is 0.0589 e. The maximum atomic E-state index is 5.55. The number of pyridine rings is 1. The number of rotatable bonds is 7. The number of methoxy groups -OCH3 is 2. The third-order valence-corrected chi connectivity index (χ3v) is 5.83. The number of ether oxygens (including phenoxy) is 2. The van der Waals surface area contributed by atoms with Gasteiger partial charge in [0.05, 0.1) is 18.9 Å². The van der Waals surface area contributed by atoms with Crippen LogP contribution in [-0.4, -0.2) is 74.9 Å². The Morgan fingerprint density at radius 3 is 2.67 bits per heavy atom. The zero-order valence-electron chi connectivity index (χ0n) is 15.1. The van der Waals surface area contributed by atoms with Crippen LogP contribution in [0, 0.1) is 11.3 Å². The first-order valence-corrected chi connectivity index (χ1v) is 9.08. The van der Waals surface area contributed by atoms with E-state index in [9.17, 15) is 0 Å². The summed E-state index contributed by atoms with van der Waals surface area (Å²) >= 11 is 0. The molecule has 5 heteroatoms. The zero-order valence-corrected chi connectivity index (χ0v) is 15.1. The summed E-state index contributed by atoms with van der Waals surface area (Å²) in [6, 6.07) is 6.18. The Morgan fingerprint density at radius 1 is 1.17 bits per heavy atom. The Labute approximate surface area is 145 Å². The van der Waals surface area contributed by atoms with Crippen molar-refractivity contribution in [2.45, 2.75) is 19.4 Å². The molecule has 1 atom stereocenters. The minimum atomic E-state index is 0.421. The molecule has 2 fully saturated rings. The summed E-state index contributed by atoms with van der Waals surface area (Å²) in [7, 11) is 3.62. The molecule has 0 bridgehead atoms. The van der Waals surface area contributed by atoms with Gasteiger partial charge in [-0.05, 0) is 43.5 Å². The Hall–Kier alpha value is -1.01. The normalized spacial score (nSPS) is 24.7. The third kappa shape index (κ3) is 4.14. The van der Waals surface area contributed by atoms with Gasteiger partial charge in [0.25, 0.3) is 0 Å². The van der Waals surface area contributed by atoms with E-state index in [0.717, 1.165) is 45.9 Å². The number of hydrogen-bond donors (Lipinski definition) is 0. The van der Waals surface area contributed by atoms with E-state index in [1.807, 2.05) is 19.4 Å². The summed E-state index contributed by atoms with van der Waals surface area (Å²) in [5.41, 5.74) is 1.60. The minimum Gasteiger partial charge on any atom is -0.384 e. The molecule has 24 heavy (non-hydrogen) atoms. The topological polar surface area (TPSA) is 37.8 Å². The molecule has 0 amide bonds. The third-order valence-electron chi connectivity index (χ3n) is 5.83. The second-order valence-electron chi connectivity index (χ2n) is 7.34. The quantitative estimate of drug-likeness (QED) is 0.762. The van der Waals surface area contributed by atoms with Crippen LogP contribution in [0.1, 0.15) is 18.5 Å². The van der Waals surface area contributed by atoms with E-state index in [0.29, 0.717) is 11.3 Å². The van der Waals surface area contributed by atoms with Gasteiger partial charge in [-0.3, -0.25) is 9.88 Å². The highest BCUT2D eigenvalue weighted by atomic mass is 16.5. The number of hydrogen-bond acceptors (Lipinski definition) is 5. The standard InChI is InChI=1S/C19H31N3O2/c1-23-12-11-22-13-17(15-24-2)19(16-22)6-9-21(10-7-19)14-18-5-3-4-8-20-18/h3-5,8,17H,6-7,9-16H2,1-2H3/t17-/m0/s1. The largest absolute Gasteiger partial charge is 0.384 e. The second-order valence-corrected chi connectivity index (χ2v) is 7.34. The van der Waals surface area contributed by atoms with Gasteiger partial charge in [0.1, 0.15) is 0 Å². The van der Waals surface area contributed by atoms with Crippen molar-refractivity contribution < 1.29 is 9.47 Å². The second kappa shape index (κ2) is 8.39. The molecule has 5 nitrogen and oxygen atoms in total. The lowest BCUT2D eigenvalue weighted by atomic mass is 9.71. The van der Waals surface area contributed by atoms with Gasteiger partial charge in [-0.1, -0.05) is 6.07 Å². The monoisotopic (exact) mass is 333 g/mol. The van der Waals surface area contributed by atoms with Crippen LogP contribution in [0.25, 0.3) is 0 Å². The molecular weight excluding hydrogens is 302 g/mol. The minimum absolute atomic E-state index is 0.421. The average Bonchev–Trinajstić information content (AvgIpc) is 2.94. The molecule has 134 valence electrons. The summed E-state index contributed by atoms with van der Waals surface area (Å²) in [6.07, 6.45) is 4.41. The van der Waals surface area contributed by atoms with Crippen LogP contribution < -0.4 is 0 Å². The molecule has 0 aromatic carbocycles. The Balaban J connectivity index is 1.57. The van der Waals surface area contributed by atoms with E-state index in [2.05, 4.69) is 26.9 Å². The molecule has 1 aromatic heterocycles. The van der Waals surface area contributed by atoms with Crippen molar-refractivity contribution in [1.29, 1.82) is 0 Å². The van der Waals surface area contributed by atoms with Gasteiger partial charge in [0.2, 0.25) is 0 Å². The van der Waals surface area contributed by atoms with E-state index in [4.69, 9.17) is 9.47 Å². The van der Waals surface area contributed by atoms with Gasteiger partial charge in [-0.15, -0.1) is 0 Å². The number of nitrogens with zero attached hydrogens (tertiary/aromatic N) is 3. The highest BCUT2D eigenvalue weighted by Gasteiger charge is 2.47. The first-order valence-electron chi connectivity index (χ1n) is 9.08. The van der Waals surface area contributed by atoms with Crippen LogP contribution in [0.4, 0.5) is 0 Å². The van der Waals surface area contributed by atoms with E-state index in [-0.39, 0.29) is 0 Å². The van der Waals surface area contributed by atoms with E-state index in [1.54, 1.807) is 7.11 Å². The lowest BCUT2D eigenvalue weighted by Gasteiger charge is -2.42. The summed E-state index contributed by atoms with van der Waals surface area (Å²) in [5.74, 6) is 0.649. The van der Waals surface area contributed by atoms with Crippen molar-refractivity contribution in [1.82, 2.24) is 14.8 Å². The molecule has 3 heterocycles. The van der Waals surface area contributed by atoms with Crippen molar-refractivity contribution >= 4 is 0 Å². The maximum absolute atomic E-state index is 5.55. The van der Waals surface area contributed by atoms with Gasteiger partial charge in [0.15, 0.2) is 0 Å². The number of aromatic nitrogens is 1. The fourth-order valence-corrected chi connectivity index (χ4v) is 4.41. The fourth-order valence-electron chi connectivity index (χ4n) is 4.41. The highest BCUT2D eigenvalue weighted by Crippen LogP contribution is 2.44. The zero-order chi connectivity index (χ0) is 16.8. The molecule has 2 aliphatic rings. The van der Waals surface area contributed by atoms with Gasteiger partial charge in [-0.2, -0.15) is 0 Å². The molecule has 2 saturated heterocycles. The fraction of sp³-hybridized carbons (Fsp3) is 0.737. The molecule has 2 aliphatic heterocycles. The van der Waals surface area contributed by atoms with Crippen LogP contribution in [0.5, 0.6) is 0 Å². The Morgan fingerprint density at radius 2 is 2.00 bits per heavy atom. The van der Waals surface area contributed by atoms with Crippen LogP contribution in [0.15, 0.2) is 24.4 Å². The molecule has 1 spiro atoms. The first-order chi connectivity index (χ1) is 11.8. The highest BCUT2D eigenvalue weighted by molar-refractivity contribution is 5.05. The molecule has 0 saturated carbocycles. The first kappa shape index (κ1) is 17.8. The smallest absolute Gasteiger partial charge is 0.0589 e. The number of likely N-dealkylation sites (tertiary alicyclic amines) is 2. The Bertz CT molecular complexity index is 489. The molecule has 0 radical (unpaired) electrons. The van der Waals surface area contributed by atoms with Crippen molar-refractivity contribution in [3.8, 4) is 0 Å². The van der Waals surface area contributed by atoms with Crippen molar-refractivity contribution in [3.63, 3.8) is 0 Å². The van der Waals surface area contributed by atoms with Crippen LogP contribution >= 0.6 is 0 Å². The van der Waals surface area contributed by atoms with Crippen molar-refractivity contribution in [2.24, 2.45) is 11.3 Å².